The van der Waals surface area contributed by atoms with Gasteiger partial charge in [0.2, 0.25) is 5.82 Å². The molecule has 124 valence electrons. The molecular weight excluding hydrogens is 323 g/mol. The minimum Gasteiger partial charge on any atom is -0.465 e. The lowest BCUT2D eigenvalue weighted by molar-refractivity contribution is -0.387. The molecule has 0 bridgehead atoms. The molecule has 0 atom stereocenters. The van der Waals surface area contributed by atoms with E-state index in [1.807, 2.05) is 0 Å². The van der Waals surface area contributed by atoms with Gasteiger partial charge < -0.3 is 14.5 Å². The summed E-state index contributed by atoms with van der Waals surface area (Å²) < 4.78 is 22.8. The van der Waals surface area contributed by atoms with Crippen molar-refractivity contribution in [3.8, 4) is 0 Å². The number of hydrogen-bond acceptors (Lipinski definition) is 6. The monoisotopic (exact) mass is 334 g/mol. The maximum Gasteiger partial charge on any atom is 0.331 e. The number of halogens is 1. The van der Waals surface area contributed by atoms with Crippen LogP contribution in [0.15, 0.2) is 47.1 Å². The minimum absolute atomic E-state index is 0.00952. The van der Waals surface area contributed by atoms with E-state index < -0.39 is 34.9 Å². The number of nitro groups is 1. The van der Waals surface area contributed by atoms with Crippen LogP contribution in [0.4, 0.5) is 15.8 Å². The fourth-order valence-corrected chi connectivity index (χ4v) is 1.65. The maximum absolute atomic E-state index is 13.2. The second-order valence-electron chi connectivity index (χ2n) is 4.43. The van der Waals surface area contributed by atoms with Crippen molar-refractivity contribution in [1.29, 1.82) is 0 Å². The molecule has 0 saturated carbocycles. The highest BCUT2D eigenvalue weighted by Gasteiger charge is 2.15. The maximum atomic E-state index is 13.2. The number of anilines is 1. The van der Waals surface area contributed by atoms with E-state index in [0.29, 0.717) is 5.76 Å². The molecule has 0 radical (unpaired) electrons. The number of nitrogens with zero attached hydrogens (tertiary/aromatic N) is 1. The number of rotatable bonds is 6. The average molecular weight is 334 g/mol. The Hall–Kier alpha value is -3.49. The van der Waals surface area contributed by atoms with Gasteiger partial charge in [-0.3, -0.25) is 14.9 Å². The Kier molecular flexibility index (Phi) is 5.40. The van der Waals surface area contributed by atoms with Gasteiger partial charge in [0.1, 0.15) is 5.76 Å². The van der Waals surface area contributed by atoms with Gasteiger partial charge >= 0.3 is 11.7 Å². The van der Waals surface area contributed by atoms with Crippen LogP contribution in [0.2, 0.25) is 0 Å². The van der Waals surface area contributed by atoms with Gasteiger partial charge in [-0.2, -0.15) is 4.39 Å². The van der Waals surface area contributed by atoms with Crippen LogP contribution in [0.5, 0.6) is 0 Å². The SMILES string of the molecule is O=C(COC(=O)/C=C/c1ccco1)Nc1ccc(F)c([N+](=O)[O-])c1. The first kappa shape index (κ1) is 16.9. The van der Waals surface area contributed by atoms with Crippen molar-refractivity contribution in [2.45, 2.75) is 0 Å². The lowest BCUT2D eigenvalue weighted by Crippen LogP contribution is -2.20. The van der Waals surface area contributed by atoms with E-state index in [9.17, 15) is 24.1 Å². The summed E-state index contributed by atoms with van der Waals surface area (Å²) in [7, 11) is 0. The van der Waals surface area contributed by atoms with Crippen LogP contribution < -0.4 is 5.32 Å². The first-order valence-corrected chi connectivity index (χ1v) is 6.58. The second kappa shape index (κ2) is 7.68. The molecule has 0 aliphatic rings. The molecule has 1 heterocycles. The molecular formula is C15H11FN2O6. The van der Waals surface area contributed by atoms with Gasteiger partial charge in [0.05, 0.1) is 11.2 Å². The van der Waals surface area contributed by atoms with E-state index in [2.05, 4.69) is 10.1 Å². The summed E-state index contributed by atoms with van der Waals surface area (Å²) in [5.41, 5.74) is -0.763. The molecule has 2 rings (SSSR count). The highest BCUT2D eigenvalue weighted by molar-refractivity contribution is 5.94. The summed E-state index contributed by atoms with van der Waals surface area (Å²) in [6.07, 6.45) is 3.87. The number of amides is 1. The first-order valence-electron chi connectivity index (χ1n) is 6.58. The molecule has 2 aromatic rings. The van der Waals surface area contributed by atoms with Crippen molar-refractivity contribution in [3.63, 3.8) is 0 Å². The lowest BCUT2D eigenvalue weighted by atomic mass is 10.2. The van der Waals surface area contributed by atoms with Crippen LogP contribution in [0.1, 0.15) is 5.76 Å². The molecule has 0 spiro atoms. The normalized spacial score (nSPS) is 10.5. The molecule has 9 heteroatoms. The molecule has 0 aliphatic carbocycles. The van der Waals surface area contributed by atoms with Crippen molar-refractivity contribution < 1.29 is 28.1 Å². The number of furan rings is 1. The Morgan fingerprint density at radius 3 is 2.83 bits per heavy atom. The van der Waals surface area contributed by atoms with Crippen LogP contribution in [0.25, 0.3) is 6.08 Å². The quantitative estimate of drug-likeness (QED) is 0.376. The van der Waals surface area contributed by atoms with E-state index in [1.54, 1.807) is 12.1 Å². The number of ether oxygens (including phenoxy) is 1. The second-order valence-corrected chi connectivity index (χ2v) is 4.43. The summed E-state index contributed by atoms with van der Waals surface area (Å²) in [4.78, 5) is 32.7. The highest BCUT2D eigenvalue weighted by atomic mass is 19.1. The predicted molar refractivity (Wildman–Crippen MR) is 80.4 cm³/mol. The smallest absolute Gasteiger partial charge is 0.331 e. The largest absolute Gasteiger partial charge is 0.465 e. The Morgan fingerprint density at radius 2 is 2.17 bits per heavy atom. The average Bonchev–Trinajstić information content (AvgIpc) is 3.06. The summed E-state index contributed by atoms with van der Waals surface area (Å²) in [5.74, 6) is -2.08. The van der Waals surface area contributed by atoms with Crippen LogP contribution in [-0.4, -0.2) is 23.4 Å². The zero-order chi connectivity index (χ0) is 17.5. The van der Waals surface area contributed by atoms with E-state index in [0.717, 1.165) is 24.3 Å². The van der Waals surface area contributed by atoms with Crippen LogP contribution in [0, 0.1) is 15.9 Å². The van der Waals surface area contributed by atoms with E-state index >= 15 is 0 Å². The van der Waals surface area contributed by atoms with Gasteiger partial charge in [0, 0.05) is 17.8 Å². The Labute approximate surface area is 134 Å². The number of hydrogen-bond donors (Lipinski definition) is 1. The summed E-state index contributed by atoms with van der Waals surface area (Å²) in [5, 5.41) is 12.9. The van der Waals surface area contributed by atoms with Crippen molar-refractivity contribution in [1.82, 2.24) is 0 Å². The zero-order valence-corrected chi connectivity index (χ0v) is 12.1. The van der Waals surface area contributed by atoms with Gasteiger partial charge in [0.25, 0.3) is 5.91 Å². The first-order chi connectivity index (χ1) is 11.5. The molecule has 1 amide bonds. The molecule has 1 N–H and O–H groups in total. The van der Waals surface area contributed by atoms with Crippen LogP contribution in [0.3, 0.4) is 0 Å². The molecule has 24 heavy (non-hydrogen) atoms. The van der Waals surface area contributed by atoms with E-state index in [1.165, 1.54) is 12.3 Å². The number of nitrogens with one attached hydrogen (secondary N) is 1. The molecule has 1 aromatic heterocycles. The Bertz CT molecular complexity index is 785. The van der Waals surface area contributed by atoms with Crippen LogP contribution in [-0.2, 0) is 14.3 Å². The standard InChI is InChI=1S/C15H11FN2O6/c16-12-5-3-10(8-13(12)18(21)22)17-14(19)9-24-15(20)6-4-11-2-1-7-23-11/h1-8H,9H2,(H,17,19)/b6-4+. The fourth-order valence-electron chi connectivity index (χ4n) is 1.65. The van der Waals surface area contributed by atoms with Crippen molar-refractivity contribution in [2.24, 2.45) is 0 Å². The third kappa shape index (κ3) is 4.77. The number of carbonyl (C=O) groups excluding carboxylic acids is 2. The van der Waals surface area contributed by atoms with E-state index in [-0.39, 0.29) is 5.69 Å². The Balaban J connectivity index is 1.86. The third-order valence-corrected chi connectivity index (χ3v) is 2.70. The van der Waals surface area contributed by atoms with Gasteiger partial charge in [0.15, 0.2) is 6.61 Å². The molecule has 0 aliphatic heterocycles. The third-order valence-electron chi connectivity index (χ3n) is 2.70. The molecule has 0 fully saturated rings. The predicted octanol–water partition coefficient (Wildman–Crippen LogP) is 2.52. The number of nitro benzene ring substituents is 1. The van der Waals surface area contributed by atoms with Crippen molar-refractivity contribution in [3.05, 3.63) is 64.4 Å². The minimum atomic E-state index is -1.02. The lowest BCUT2D eigenvalue weighted by Gasteiger charge is -2.05. The molecule has 0 saturated heterocycles. The van der Waals surface area contributed by atoms with Crippen molar-refractivity contribution in [2.75, 3.05) is 11.9 Å². The summed E-state index contributed by atoms with van der Waals surface area (Å²) in [6, 6.07) is 6.13. The van der Waals surface area contributed by atoms with Gasteiger partial charge in [-0.25, -0.2) is 4.79 Å². The van der Waals surface area contributed by atoms with Gasteiger partial charge in [-0.1, -0.05) is 0 Å². The topological polar surface area (TPSA) is 112 Å². The highest BCUT2D eigenvalue weighted by Crippen LogP contribution is 2.21. The number of esters is 1. The fraction of sp³-hybridized carbons (Fsp3) is 0.0667. The molecule has 1 aromatic carbocycles. The number of benzene rings is 1. The summed E-state index contributed by atoms with van der Waals surface area (Å²) in [6.45, 7) is -0.605. The molecule has 0 unspecified atom stereocenters. The van der Waals surface area contributed by atoms with Crippen LogP contribution >= 0.6 is 0 Å². The summed E-state index contributed by atoms with van der Waals surface area (Å²) >= 11 is 0. The Morgan fingerprint density at radius 1 is 1.38 bits per heavy atom. The van der Waals surface area contributed by atoms with Gasteiger partial charge in [-0.15, -0.1) is 0 Å². The van der Waals surface area contributed by atoms with Crippen molar-refractivity contribution >= 4 is 29.3 Å². The molecule has 8 nitrogen and oxygen atoms in total. The zero-order valence-electron chi connectivity index (χ0n) is 12.1. The number of carbonyl (C=O) groups is 2. The van der Waals surface area contributed by atoms with E-state index in [4.69, 9.17) is 4.42 Å². The van der Waals surface area contributed by atoms with Gasteiger partial charge in [-0.05, 0) is 30.3 Å².